The molecule has 1 aromatic rings. The second kappa shape index (κ2) is 7.80. The third-order valence-electron chi connectivity index (χ3n) is 7.03. The second-order valence-corrected chi connectivity index (χ2v) is 10.8. The summed E-state index contributed by atoms with van der Waals surface area (Å²) < 4.78 is 26.5. The number of likely N-dealkylation sites (tertiary alicyclic amines) is 1. The van der Waals surface area contributed by atoms with Crippen LogP contribution in [0.1, 0.15) is 69.9 Å². The molecule has 3 fully saturated rings. The molecular weight excluding hydrogens is 358 g/mol. The molecule has 3 aliphatic rings. The minimum Gasteiger partial charge on any atom is -0.292 e. The fourth-order valence-corrected chi connectivity index (χ4v) is 7.28. The maximum atomic E-state index is 12.4. The minimum atomic E-state index is -3.06. The number of nitrogens with zero attached hydrogens (tertiary/aromatic N) is 3. The molecule has 0 amide bonds. The summed E-state index contributed by atoms with van der Waals surface area (Å²) in [6.45, 7) is 4.48. The summed E-state index contributed by atoms with van der Waals surface area (Å²) in [5.41, 5.74) is 1.84. The fourth-order valence-electron chi connectivity index (χ4n) is 5.74. The highest BCUT2D eigenvalue weighted by atomic mass is 32.2. The molecular formula is C21H33N3O2S. The van der Waals surface area contributed by atoms with Gasteiger partial charge in [-0.2, -0.15) is 0 Å². The van der Waals surface area contributed by atoms with Gasteiger partial charge in [0.2, 0.25) is 10.0 Å². The summed E-state index contributed by atoms with van der Waals surface area (Å²) >= 11 is 0. The Balaban J connectivity index is 1.47. The third kappa shape index (κ3) is 3.68. The van der Waals surface area contributed by atoms with Crippen molar-refractivity contribution in [3.05, 3.63) is 30.1 Å². The van der Waals surface area contributed by atoms with E-state index in [1.165, 1.54) is 44.2 Å². The van der Waals surface area contributed by atoms with Crippen molar-refractivity contribution in [2.45, 2.75) is 70.4 Å². The van der Waals surface area contributed by atoms with E-state index >= 15 is 0 Å². The number of aromatic nitrogens is 1. The Morgan fingerprint density at radius 3 is 2.41 bits per heavy atom. The van der Waals surface area contributed by atoms with Gasteiger partial charge in [0.05, 0.1) is 5.75 Å². The molecule has 0 bridgehead atoms. The van der Waals surface area contributed by atoms with Gasteiger partial charge in [-0.05, 0) is 49.8 Å². The van der Waals surface area contributed by atoms with Gasteiger partial charge >= 0.3 is 0 Å². The van der Waals surface area contributed by atoms with Gasteiger partial charge in [0.25, 0.3) is 0 Å². The van der Waals surface area contributed by atoms with E-state index in [9.17, 15) is 8.42 Å². The smallest absolute Gasteiger partial charge is 0.214 e. The molecule has 150 valence electrons. The van der Waals surface area contributed by atoms with Crippen molar-refractivity contribution in [3.8, 4) is 0 Å². The first-order chi connectivity index (χ1) is 13.1. The van der Waals surface area contributed by atoms with Crippen molar-refractivity contribution < 1.29 is 8.42 Å². The molecule has 1 atom stereocenters. The van der Waals surface area contributed by atoms with Crippen LogP contribution in [0, 0.1) is 5.41 Å². The summed E-state index contributed by atoms with van der Waals surface area (Å²) in [7, 11) is -3.06. The summed E-state index contributed by atoms with van der Waals surface area (Å²) in [5.74, 6) is 0.282. The van der Waals surface area contributed by atoms with Gasteiger partial charge in [-0.1, -0.05) is 26.2 Å². The van der Waals surface area contributed by atoms with Crippen LogP contribution in [0.15, 0.2) is 24.5 Å². The van der Waals surface area contributed by atoms with Gasteiger partial charge in [-0.3, -0.25) is 9.88 Å². The van der Waals surface area contributed by atoms with Crippen molar-refractivity contribution >= 4 is 10.0 Å². The average molecular weight is 392 g/mol. The lowest BCUT2D eigenvalue weighted by atomic mass is 9.60. The number of hydrogen-bond donors (Lipinski definition) is 0. The van der Waals surface area contributed by atoms with Gasteiger partial charge in [0, 0.05) is 49.5 Å². The van der Waals surface area contributed by atoms with Gasteiger partial charge < -0.3 is 0 Å². The van der Waals surface area contributed by atoms with E-state index < -0.39 is 10.0 Å². The third-order valence-corrected chi connectivity index (χ3v) is 9.10. The first-order valence-electron chi connectivity index (χ1n) is 10.7. The van der Waals surface area contributed by atoms with Crippen LogP contribution in [0.2, 0.25) is 0 Å². The minimum absolute atomic E-state index is 0.282. The molecule has 0 aromatic carbocycles. The Bertz CT molecular complexity index is 723. The predicted octanol–water partition coefficient (Wildman–Crippen LogP) is 3.59. The summed E-state index contributed by atoms with van der Waals surface area (Å²) in [6.07, 6.45) is 13.2. The largest absolute Gasteiger partial charge is 0.292 e. The molecule has 2 saturated heterocycles. The summed E-state index contributed by atoms with van der Waals surface area (Å²) in [4.78, 5) is 6.90. The van der Waals surface area contributed by atoms with Crippen molar-refractivity contribution in [1.29, 1.82) is 0 Å². The highest BCUT2D eigenvalue weighted by Gasteiger charge is 2.55. The lowest BCUT2D eigenvalue weighted by Gasteiger charge is -2.63. The van der Waals surface area contributed by atoms with Crippen LogP contribution in [0.25, 0.3) is 0 Å². The van der Waals surface area contributed by atoms with Crippen molar-refractivity contribution in [3.63, 3.8) is 0 Å². The summed E-state index contributed by atoms with van der Waals surface area (Å²) in [5, 5.41) is 0. The second-order valence-electron chi connectivity index (χ2n) is 8.72. The monoisotopic (exact) mass is 391 g/mol. The molecule has 27 heavy (non-hydrogen) atoms. The number of rotatable bonds is 5. The molecule has 4 rings (SSSR count). The van der Waals surface area contributed by atoms with E-state index in [-0.39, 0.29) is 5.75 Å². The molecule has 0 radical (unpaired) electrons. The van der Waals surface area contributed by atoms with E-state index in [4.69, 9.17) is 0 Å². The molecule has 1 aliphatic carbocycles. The molecule has 3 heterocycles. The molecule has 1 aromatic heterocycles. The van der Waals surface area contributed by atoms with Gasteiger partial charge in [0.1, 0.15) is 0 Å². The van der Waals surface area contributed by atoms with Gasteiger partial charge in [0.15, 0.2) is 0 Å². The average Bonchev–Trinajstić information content (AvgIpc) is 2.68. The van der Waals surface area contributed by atoms with Crippen LogP contribution < -0.4 is 0 Å². The van der Waals surface area contributed by atoms with Crippen LogP contribution >= 0.6 is 0 Å². The quantitative estimate of drug-likeness (QED) is 0.770. The van der Waals surface area contributed by atoms with Crippen LogP contribution in [-0.4, -0.2) is 54.0 Å². The molecule has 1 unspecified atom stereocenters. The molecule has 0 N–H and O–H groups in total. The standard InChI is InChI=1S/C21H33N3O2S/c1-2-16-27(25,26)23-14-8-19(9-15-23)24-17-21(10-4-3-5-11-21)20(24)18-6-12-22-13-7-18/h6-7,12-13,19-20H,2-5,8-11,14-17H2,1H3. The van der Waals surface area contributed by atoms with E-state index in [0.29, 0.717) is 37.0 Å². The number of sulfonamides is 1. The number of hydrogen-bond acceptors (Lipinski definition) is 4. The summed E-state index contributed by atoms with van der Waals surface area (Å²) in [6, 6.07) is 5.37. The van der Waals surface area contributed by atoms with E-state index in [1.54, 1.807) is 4.31 Å². The Morgan fingerprint density at radius 1 is 1.11 bits per heavy atom. The zero-order valence-electron chi connectivity index (χ0n) is 16.5. The van der Waals surface area contributed by atoms with Crippen molar-refractivity contribution in [2.75, 3.05) is 25.4 Å². The predicted molar refractivity (Wildman–Crippen MR) is 108 cm³/mol. The van der Waals surface area contributed by atoms with Crippen LogP contribution in [0.4, 0.5) is 0 Å². The van der Waals surface area contributed by atoms with Crippen molar-refractivity contribution in [2.24, 2.45) is 5.41 Å². The SMILES string of the molecule is CCCS(=O)(=O)N1CCC(N2CC3(CCCCC3)C2c2ccncc2)CC1. The Morgan fingerprint density at radius 2 is 1.78 bits per heavy atom. The van der Waals surface area contributed by atoms with Crippen LogP contribution in [-0.2, 0) is 10.0 Å². The molecule has 2 aliphatic heterocycles. The Hall–Kier alpha value is -0.980. The first-order valence-corrected chi connectivity index (χ1v) is 12.3. The van der Waals surface area contributed by atoms with E-state index in [0.717, 1.165) is 12.8 Å². The first kappa shape index (κ1) is 19.3. The highest BCUT2D eigenvalue weighted by Crippen LogP contribution is 2.58. The fraction of sp³-hybridized carbons (Fsp3) is 0.762. The maximum Gasteiger partial charge on any atom is 0.214 e. The Labute approximate surface area is 164 Å². The lowest BCUT2D eigenvalue weighted by Crippen LogP contribution is -2.63. The lowest BCUT2D eigenvalue weighted by molar-refractivity contribution is -0.131. The van der Waals surface area contributed by atoms with Crippen molar-refractivity contribution in [1.82, 2.24) is 14.2 Å². The Kier molecular flexibility index (Phi) is 5.59. The zero-order chi connectivity index (χ0) is 18.9. The van der Waals surface area contributed by atoms with Crippen LogP contribution in [0.3, 0.4) is 0 Å². The molecule has 5 nitrogen and oxygen atoms in total. The molecule has 1 spiro atoms. The zero-order valence-corrected chi connectivity index (χ0v) is 17.3. The van der Waals surface area contributed by atoms with E-state index in [1.807, 2.05) is 19.3 Å². The number of piperidine rings is 1. The van der Waals surface area contributed by atoms with Crippen LogP contribution in [0.5, 0.6) is 0 Å². The maximum absolute atomic E-state index is 12.4. The van der Waals surface area contributed by atoms with E-state index in [2.05, 4.69) is 22.0 Å². The number of pyridine rings is 1. The molecule has 6 heteroatoms. The highest BCUT2D eigenvalue weighted by molar-refractivity contribution is 7.89. The van der Waals surface area contributed by atoms with Gasteiger partial charge in [-0.25, -0.2) is 12.7 Å². The topological polar surface area (TPSA) is 53.5 Å². The normalized spacial score (nSPS) is 27.5. The van der Waals surface area contributed by atoms with Gasteiger partial charge in [-0.15, -0.1) is 0 Å². The molecule has 1 saturated carbocycles.